The van der Waals surface area contributed by atoms with Gasteiger partial charge in [0, 0.05) is 24.7 Å². The van der Waals surface area contributed by atoms with Crippen LogP contribution in [0.5, 0.6) is 0 Å². The maximum atomic E-state index is 12.9. The lowest BCUT2D eigenvalue weighted by atomic mass is 10.1. The van der Waals surface area contributed by atoms with Crippen LogP contribution >= 0.6 is 0 Å². The zero-order chi connectivity index (χ0) is 17.7. The Hall–Kier alpha value is -1.56. The second-order valence-electron chi connectivity index (χ2n) is 6.40. The van der Waals surface area contributed by atoms with Crippen LogP contribution in [0.4, 0.5) is 5.69 Å². The average Bonchev–Trinajstić information content (AvgIpc) is 2.94. The minimum atomic E-state index is -3.23. The Balaban J connectivity index is 2.27. The summed E-state index contributed by atoms with van der Waals surface area (Å²) in [5.74, 6) is 0.164. The van der Waals surface area contributed by atoms with E-state index < -0.39 is 10.0 Å². The molecule has 1 aliphatic heterocycles. The molecule has 0 bridgehead atoms. The number of carbonyl (C=O) groups is 1. The number of amides is 1. The van der Waals surface area contributed by atoms with E-state index in [9.17, 15) is 13.2 Å². The molecule has 2 rings (SSSR count). The highest BCUT2D eigenvalue weighted by Gasteiger charge is 2.29. The Bertz CT molecular complexity index is 673. The number of anilines is 1. The molecule has 1 saturated heterocycles. The fourth-order valence-electron chi connectivity index (χ4n) is 2.96. The minimum absolute atomic E-state index is 0.0174. The second-order valence-corrected chi connectivity index (χ2v) is 8.41. The quantitative estimate of drug-likeness (QED) is 0.757. The molecule has 0 saturated carbocycles. The first kappa shape index (κ1) is 18.8. The number of nitrogens with zero attached hydrogens (tertiary/aromatic N) is 2. The first-order valence-electron chi connectivity index (χ1n) is 8.82. The lowest BCUT2D eigenvalue weighted by Crippen LogP contribution is -2.39. The molecule has 5 nitrogen and oxygen atoms in total. The number of hydrogen-bond donors (Lipinski definition) is 0. The molecular formula is C18H28N2O3S. The van der Waals surface area contributed by atoms with Crippen molar-refractivity contribution in [3.05, 3.63) is 29.8 Å². The largest absolute Gasteiger partial charge is 0.336 e. The van der Waals surface area contributed by atoms with Crippen molar-refractivity contribution >= 4 is 21.6 Å². The number of carbonyl (C=O) groups excluding carboxylic acids is 1. The summed E-state index contributed by atoms with van der Waals surface area (Å²) >= 11 is 0. The second kappa shape index (κ2) is 8.01. The molecule has 134 valence electrons. The summed E-state index contributed by atoms with van der Waals surface area (Å²) in [6.45, 7) is 7.46. The van der Waals surface area contributed by atoms with Crippen LogP contribution in [0.25, 0.3) is 0 Å². The minimum Gasteiger partial charge on any atom is -0.336 e. The van der Waals surface area contributed by atoms with E-state index in [0.717, 1.165) is 25.8 Å². The molecule has 1 aliphatic rings. The van der Waals surface area contributed by atoms with Crippen LogP contribution in [0.15, 0.2) is 24.3 Å². The van der Waals surface area contributed by atoms with Crippen LogP contribution in [-0.2, 0) is 10.0 Å². The Labute approximate surface area is 145 Å². The maximum absolute atomic E-state index is 12.9. The van der Waals surface area contributed by atoms with Gasteiger partial charge in [-0.25, -0.2) is 8.42 Å². The summed E-state index contributed by atoms with van der Waals surface area (Å²) in [6.07, 6.45) is 3.54. The van der Waals surface area contributed by atoms with Crippen molar-refractivity contribution in [2.24, 2.45) is 0 Å². The molecule has 0 aliphatic carbocycles. The molecule has 1 fully saturated rings. The molecule has 1 heterocycles. The molecule has 0 spiro atoms. The summed E-state index contributed by atoms with van der Waals surface area (Å²) in [6, 6.07) is 7.19. The third kappa shape index (κ3) is 4.09. The fourth-order valence-corrected chi connectivity index (χ4v) is 4.52. The van der Waals surface area contributed by atoms with E-state index in [1.54, 1.807) is 24.3 Å². The van der Waals surface area contributed by atoms with Gasteiger partial charge in [0.15, 0.2) is 0 Å². The van der Waals surface area contributed by atoms with E-state index in [4.69, 9.17) is 0 Å². The zero-order valence-corrected chi connectivity index (χ0v) is 15.7. The average molecular weight is 353 g/mol. The highest BCUT2D eigenvalue weighted by Crippen LogP contribution is 2.25. The van der Waals surface area contributed by atoms with Gasteiger partial charge >= 0.3 is 0 Å². The van der Waals surface area contributed by atoms with E-state index in [0.29, 0.717) is 24.2 Å². The molecule has 0 aromatic heterocycles. The third-order valence-corrected chi connectivity index (χ3v) is 6.49. The molecule has 1 unspecified atom stereocenters. The van der Waals surface area contributed by atoms with Crippen LogP contribution in [0.3, 0.4) is 0 Å². The topological polar surface area (TPSA) is 57.7 Å². The van der Waals surface area contributed by atoms with Gasteiger partial charge in [0.25, 0.3) is 5.91 Å². The SMILES string of the molecule is CCCCN(C(=O)c1cccc(N2CCCS2(=O)=O)c1)C(C)CC. The predicted octanol–water partition coefficient (Wildman–Crippen LogP) is 3.27. The van der Waals surface area contributed by atoms with Gasteiger partial charge in [-0.2, -0.15) is 0 Å². The van der Waals surface area contributed by atoms with Crippen LogP contribution < -0.4 is 4.31 Å². The summed E-state index contributed by atoms with van der Waals surface area (Å²) in [7, 11) is -3.23. The number of hydrogen-bond acceptors (Lipinski definition) is 3. The highest BCUT2D eigenvalue weighted by molar-refractivity contribution is 7.93. The fraction of sp³-hybridized carbons (Fsp3) is 0.611. The summed E-state index contributed by atoms with van der Waals surface area (Å²) < 4.78 is 25.6. The Morgan fingerprint density at radius 3 is 2.67 bits per heavy atom. The maximum Gasteiger partial charge on any atom is 0.254 e. The van der Waals surface area contributed by atoms with Crippen LogP contribution in [-0.4, -0.2) is 44.1 Å². The Morgan fingerprint density at radius 1 is 1.33 bits per heavy atom. The van der Waals surface area contributed by atoms with Crippen molar-refractivity contribution in [1.82, 2.24) is 4.90 Å². The van der Waals surface area contributed by atoms with Gasteiger partial charge in [-0.3, -0.25) is 9.10 Å². The molecule has 6 heteroatoms. The summed E-state index contributed by atoms with van der Waals surface area (Å²) in [4.78, 5) is 14.8. The van der Waals surface area contributed by atoms with E-state index in [2.05, 4.69) is 20.8 Å². The van der Waals surface area contributed by atoms with E-state index in [1.165, 1.54) is 4.31 Å². The number of rotatable bonds is 7. The molecule has 24 heavy (non-hydrogen) atoms. The van der Waals surface area contributed by atoms with Gasteiger partial charge < -0.3 is 4.90 Å². The number of unbranched alkanes of at least 4 members (excludes halogenated alkanes) is 1. The number of sulfonamides is 1. The smallest absolute Gasteiger partial charge is 0.254 e. The normalized spacial score (nSPS) is 17.7. The van der Waals surface area contributed by atoms with E-state index in [-0.39, 0.29) is 17.7 Å². The lowest BCUT2D eigenvalue weighted by Gasteiger charge is -2.29. The van der Waals surface area contributed by atoms with Crippen LogP contribution in [0.1, 0.15) is 56.8 Å². The Kier molecular flexibility index (Phi) is 6.27. The lowest BCUT2D eigenvalue weighted by molar-refractivity contribution is 0.0685. The van der Waals surface area contributed by atoms with Crippen molar-refractivity contribution in [3.8, 4) is 0 Å². The van der Waals surface area contributed by atoms with Crippen molar-refractivity contribution in [1.29, 1.82) is 0 Å². The molecule has 0 radical (unpaired) electrons. The van der Waals surface area contributed by atoms with Crippen molar-refractivity contribution in [2.75, 3.05) is 23.1 Å². The van der Waals surface area contributed by atoms with Gasteiger partial charge in [-0.15, -0.1) is 0 Å². The first-order chi connectivity index (χ1) is 11.4. The monoisotopic (exact) mass is 352 g/mol. The van der Waals surface area contributed by atoms with Crippen LogP contribution in [0.2, 0.25) is 0 Å². The Morgan fingerprint density at radius 2 is 2.08 bits per heavy atom. The molecule has 0 N–H and O–H groups in total. The van der Waals surface area contributed by atoms with Gasteiger partial charge in [0.05, 0.1) is 11.4 Å². The predicted molar refractivity (Wildman–Crippen MR) is 97.9 cm³/mol. The van der Waals surface area contributed by atoms with Crippen molar-refractivity contribution in [3.63, 3.8) is 0 Å². The summed E-state index contributed by atoms with van der Waals surface area (Å²) in [5.41, 5.74) is 1.16. The highest BCUT2D eigenvalue weighted by atomic mass is 32.2. The molecular weight excluding hydrogens is 324 g/mol. The van der Waals surface area contributed by atoms with E-state index in [1.807, 2.05) is 4.90 Å². The first-order valence-corrected chi connectivity index (χ1v) is 10.4. The molecule has 1 aromatic rings. The summed E-state index contributed by atoms with van der Waals surface area (Å²) in [5, 5.41) is 0. The molecule has 1 amide bonds. The van der Waals surface area contributed by atoms with Crippen molar-refractivity contribution in [2.45, 2.75) is 52.5 Å². The third-order valence-electron chi connectivity index (χ3n) is 4.62. The number of benzene rings is 1. The van der Waals surface area contributed by atoms with Gasteiger partial charge in [0.1, 0.15) is 0 Å². The van der Waals surface area contributed by atoms with Crippen LogP contribution in [0, 0.1) is 0 Å². The standard InChI is InChI=1S/C18H28N2O3S/c1-4-6-11-19(15(3)5-2)18(21)16-9-7-10-17(14-16)20-12-8-13-24(20,22)23/h7,9-10,14-15H,4-6,8,11-13H2,1-3H3. The van der Waals surface area contributed by atoms with E-state index >= 15 is 0 Å². The van der Waals surface area contributed by atoms with Gasteiger partial charge in [-0.1, -0.05) is 26.3 Å². The van der Waals surface area contributed by atoms with Gasteiger partial charge in [0.2, 0.25) is 10.0 Å². The van der Waals surface area contributed by atoms with Gasteiger partial charge in [-0.05, 0) is 44.4 Å². The zero-order valence-electron chi connectivity index (χ0n) is 14.9. The molecule has 1 aromatic carbocycles. The van der Waals surface area contributed by atoms with Crippen molar-refractivity contribution < 1.29 is 13.2 Å². The molecule has 1 atom stereocenters.